The van der Waals surface area contributed by atoms with Crippen LogP contribution in [0.3, 0.4) is 0 Å². The number of rotatable bonds is 4. The summed E-state index contributed by atoms with van der Waals surface area (Å²) in [5.41, 5.74) is 0.733. The number of piperazine rings is 1. The number of H-pyrrole nitrogens is 1. The molecule has 1 aliphatic heterocycles. The fourth-order valence-corrected chi connectivity index (χ4v) is 2.84. The Hall–Kier alpha value is -3.03. The third-order valence-corrected chi connectivity index (χ3v) is 4.36. The number of halogens is 1. The van der Waals surface area contributed by atoms with Crippen molar-refractivity contribution in [3.8, 4) is 0 Å². The van der Waals surface area contributed by atoms with Crippen LogP contribution in [0, 0.1) is 5.82 Å². The van der Waals surface area contributed by atoms with Gasteiger partial charge in [-0.25, -0.2) is 9.49 Å². The Morgan fingerprint density at radius 3 is 2.27 bits per heavy atom. The molecule has 0 radical (unpaired) electrons. The zero-order valence-electron chi connectivity index (χ0n) is 14.2. The number of benzene rings is 1. The molecule has 8 heteroatoms. The Morgan fingerprint density at radius 2 is 1.65 bits per heavy atom. The van der Waals surface area contributed by atoms with Crippen molar-refractivity contribution >= 4 is 11.8 Å². The lowest BCUT2D eigenvalue weighted by Crippen LogP contribution is -2.50. The molecule has 2 amide bonds. The summed E-state index contributed by atoms with van der Waals surface area (Å²) in [4.78, 5) is 39.0. The number of aromatic nitrogens is 2. The van der Waals surface area contributed by atoms with Crippen molar-refractivity contribution in [1.29, 1.82) is 0 Å². The minimum absolute atomic E-state index is 0.0172. The van der Waals surface area contributed by atoms with Gasteiger partial charge in [-0.3, -0.25) is 14.4 Å². The highest BCUT2D eigenvalue weighted by atomic mass is 19.1. The molecular formula is C18H19FN4O3. The largest absolute Gasteiger partial charge is 0.339 e. The van der Waals surface area contributed by atoms with Crippen LogP contribution in [0.5, 0.6) is 0 Å². The Bertz CT molecular complexity index is 822. The van der Waals surface area contributed by atoms with E-state index in [0.717, 1.165) is 5.56 Å². The van der Waals surface area contributed by atoms with Crippen molar-refractivity contribution in [3.63, 3.8) is 0 Å². The van der Waals surface area contributed by atoms with E-state index in [1.807, 2.05) is 0 Å². The van der Waals surface area contributed by atoms with Gasteiger partial charge >= 0.3 is 0 Å². The molecule has 0 bridgehead atoms. The minimum atomic E-state index is -0.363. The van der Waals surface area contributed by atoms with E-state index in [0.29, 0.717) is 39.0 Å². The molecule has 0 atom stereocenters. The van der Waals surface area contributed by atoms with Crippen LogP contribution in [0.15, 0.2) is 41.2 Å². The molecule has 3 rings (SSSR count). The molecular weight excluding hydrogens is 339 g/mol. The first-order chi connectivity index (χ1) is 12.5. The van der Waals surface area contributed by atoms with Crippen molar-refractivity contribution in [2.75, 3.05) is 26.2 Å². The molecule has 1 N–H and O–H groups in total. The summed E-state index contributed by atoms with van der Waals surface area (Å²) in [6.45, 7) is 1.75. The van der Waals surface area contributed by atoms with Gasteiger partial charge in [-0.2, -0.15) is 5.10 Å². The lowest BCUT2D eigenvalue weighted by Gasteiger charge is -2.34. The van der Waals surface area contributed by atoms with E-state index in [2.05, 4.69) is 10.2 Å². The van der Waals surface area contributed by atoms with Gasteiger partial charge in [-0.1, -0.05) is 12.1 Å². The fourth-order valence-electron chi connectivity index (χ4n) is 2.84. The Balaban J connectivity index is 1.48. The third kappa shape index (κ3) is 4.33. The number of amides is 2. The Morgan fingerprint density at radius 1 is 1.00 bits per heavy atom. The molecule has 7 nitrogen and oxygen atoms in total. The van der Waals surface area contributed by atoms with Crippen LogP contribution in [0.2, 0.25) is 0 Å². The van der Waals surface area contributed by atoms with Gasteiger partial charge in [0.25, 0.3) is 11.5 Å². The number of aromatic amines is 1. The first-order valence-electron chi connectivity index (χ1n) is 8.40. The summed E-state index contributed by atoms with van der Waals surface area (Å²) in [6.07, 6.45) is 0.903. The van der Waals surface area contributed by atoms with Gasteiger partial charge in [0.15, 0.2) is 0 Å². The molecule has 2 aromatic rings. The standard InChI is InChI=1S/C18H19FN4O3/c19-14-4-1-13(2-5-14)3-8-17(25)22-9-11-23(12-10-22)18(26)15-6-7-16(24)21-20-15/h1-2,4-7H,3,8-12H2,(H,21,24). The average Bonchev–Trinajstić information content (AvgIpc) is 2.67. The maximum Gasteiger partial charge on any atom is 0.274 e. The first kappa shape index (κ1) is 17.8. The van der Waals surface area contributed by atoms with E-state index in [-0.39, 0.29) is 28.9 Å². The van der Waals surface area contributed by atoms with Crippen molar-refractivity contribution < 1.29 is 14.0 Å². The quantitative estimate of drug-likeness (QED) is 0.877. The van der Waals surface area contributed by atoms with Gasteiger partial charge in [-0.05, 0) is 30.2 Å². The summed E-state index contributed by atoms with van der Waals surface area (Å²) < 4.78 is 12.9. The maximum absolute atomic E-state index is 12.9. The molecule has 1 fully saturated rings. The zero-order valence-corrected chi connectivity index (χ0v) is 14.2. The average molecular weight is 358 g/mol. The van der Waals surface area contributed by atoms with E-state index in [1.54, 1.807) is 21.9 Å². The van der Waals surface area contributed by atoms with Crippen molar-refractivity contribution in [2.24, 2.45) is 0 Å². The predicted octanol–water partition coefficient (Wildman–Crippen LogP) is 0.826. The van der Waals surface area contributed by atoms with Gasteiger partial charge < -0.3 is 9.80 Å². The highest BCUT2D eigenvalue weighted by Crippen LogP contribution is 2.10. The molecule has 2 heterocycles. The summed E-state index contributed by atoms with van der Waals surface area (Å²) in [6, 6.07) is 8.77. The molecule has 0 aliphatic carbocycles. The van der Waals surface area contributed by atoms with E-state index in [4.69, 9.17) is 0 Å². The van der Waals surface area contributed by atoms with E-state index >= 15 is 0 Å². The number of carbonyl (C=O) groups excluding carboxylic acids is 2. The van der Waals surface area contributed by atoms with Crippen LogP contribution < -0.4 is 5.56 Å². The summed E-state index contributed by atoms with van der Waals surface area (Å²) in [7, 11) is 0. The topological polar surface area (TPSA) is 86.4 Å². The number of hydrogen-bond donors (Lipinski definition) is 1. The van der Waals surface area contributed by atoms with E-state index in [1.165, 1.54) is 24.3 Å². The van der Waals surface area contributed by atoms with Crippen LogP contribution in [0.25, 0.3) is 0 Å². The van der Waals surface area contributed by atoms with Crippen molar-refractivity contribution in [3.05, 3.63) is 63.8 Å². The highest BCUT2D eigenvalue weighted by Gasteiger charge is 2.25. The number of nitrogens with one attached hydrogen (secondary N) is 1. The first-order valence-corrected chi connectivity index (χ1v) is 8.40. The fraction of sp³-hybridized carbons (Fsp3) is 0.333. The van der Waals surface area contributed by atoms with Gasteiger partial charge in [0.05, 0.1) is 0 Å². The van der Waals surface area contributed by atoms with E-state index in [9.17, 15) is 18.8 Å². The Labute approximate surface area is 149 Å². The van der Waals surface area contributed by atoms with Crippen LogP contribution in [-0.2, 0) is 11.2 Å². The lowest BCUT2D eigenvalue weighted by molar-refractivity contribution is -0.132. The third-order valence-electron chi connectivity index (χ3n) is 4.36. The number of aryl methyl sites for hydroxylation is 1. The summed E-state index contributed by atoms with van der Waals surface area (Å²) in [5, 5.41) is 5.98. The van der Waals surface area contributed by atoms with Crippen LogP contribution in [-0.4, -0.2) is 58.0 Å². The van der Waals surface area contributed by atoms with Gasteiger partial charge in [0, 0.05) is 38.7 Å². The molecule has 136 valence electrons. The molecule has 0 unspecified atom stereocenters. The highest BCUT2D eigenvalue weighted by molar-refractivity contribution is 5.92. The van der Waals surface area contributed by atoms with Crippen molar-refractivity contribution in [1.82, 2.24) is 20.0 Å². The van der Waals surface area contributed by atoms with Crippen LogP contribution in [0.4, 0.5) is 4.39 Å². The van der Waals surface area contributed by atoms with Crippen LogP contribution in [0.1, 0.15) is 22.5 Å². The molecule has 26 heavy (non-hydrogen) atoms. The molecule has 0 spiro atoms. The van der Waals surface area contributed by atoms with Crippen molar-refractivity contribution in [2.45, 2.75) is 12.8 Å². The normalized spacial score (nSPS) is 14.3. The second-order valence-corrected chi connectivity index (χ2v) is 6.11. The SMILES string of the molecule is O=C(CCc1ccc(F)cc1)N1CCN(C(=O)c2ccc(=O)[nH]n2)CC1. The second-order valence-electron chi connectivity index (χ2n) is 6.11. The predicted molar refractivity (Wildman–Crippen MR) is 92.1 cm³/mol. The molecule has 1 saturated heterocycles. The van der Waals surface area contributed by atoms with Gasteiger partial charge in [0.1, 0.15) is 11.5 Å². The van der Waals surface area contributed by atoms with Crippen LogP contribution >= 0.6 is 0 Å². The smallest absolute Gasteiger partial charge is 0.274 e. The lowest BCUT2D eigenvalue weighted by atomic mass is 10.1. The summed E-state index contributed by atoms with van der Waals surface area (Å²) in [5.74, 6) is -0.541. The number of carbonyl (C=O) groups is 2. The summed E-state index contributed by atoms with van der Waals surface area (Å²) >= 11 is 0. The Kier molecular flexibility index (Phi) is 5.40. The maximum atomic E-state index is 12.9. The molecule has 1 aromatic carbocycles. The second kappa shape index (κ2) is 7.90. The van der Waals surface area contributed by atoms with E-state index < -0.39 is 0 Å². The monoisotopic (exact) mass is 358 g/mol. The minimum Gasteiger partial charge on any atom is -0.339 e. The van der Waals surface area contributed by atoms with Gasteiger partial charge in [0.2, 0.25) is 5.91 Å². The molecule has 1 aromatic heterocycles. The number of hydrogen-bond acceptors (Lipinski definition) is 4. The number of nitrogens with zero attached hydrogens (tertiary/aromatic N) is 3. The molecule has 1 aliphatic rings. The van der Waals surface area contributed by atoms with Gasteiger partial charge in [-0.15, -0.1) is 0 Å². The molecule has 0 saturated carbocycles. The zero-order chi connectivity index (χ0) is 18.5.